The predicted molar refractivity (Wildman–Crippen MR) is 91.8 cm³/mol. The number of aryl methyl sites for hydroxylation is 1. The van der Waals surface area contributed by atoms with E-state index in [9.17, 15) is 20.0 Å². The highest BCUT2D eigenvalue weighted by Crippen LogP contribution is 2.35. The van der Waals surface area contributed by atoms with E-state index in [-0.39, 0.29) is 6.61 Å². The van der Waals surface area contributed by atoms with E-state index in [0.717, 1.165) is 10.4 Å². The number of aromatic hydroxyl groups is 1. The standard InChI is InChI=1S/C16H16N2O5S/c1-4-23-16(20)14-9(2)10(3)24-15(14)17-8-11-5-6-13(19)12(7-11)18(21)22/h5-8,19H,4H2,1-3H3/b17-8-. The van der Waals surface area contributed by atoms with Crippen LogP contribution in [0.2, 0.25) is 0 Å². The SMILES string of the molecule is CCOC(=O)c1c(/N=C\c2ccc(O)c([N+](=O)[O-])c2)sc(C)c1C. The van der Waals surface area contributed by atoms with Crippen LogP contribution in [0.1, 0.15) is 33.3 Å². The third-order valence-electron chi connectivity index (χ3n) is 3.37. The van der Waals surface area contributed by atoms with Gasteiger partial charge in [0.1, 0.15) is 5.00 Å². The molecule has 0 aliphatic carbocycles. The number of nitrogens with zero attached hydrogens (tertiary/aromatic N) is 2. The van der Waals surface area contributed by atoms with Crippen LogP contribution in [0.4, 0.5) is 10.7 Å². The van der Waals surface area contributed by atoms with E-state index in [4.69, 9.17) is 4.74 Å². The van der Waals surface area contributed by atoms with Gasteiger partial charge in [-0.15, -0.1) is 11.3 Å². The number of nitro benzene ring substituents is 1. The Morgan fingerprint density at radius 3 is 2.79 bits per heavy atom. The van der Waals surface area contributed by atoms with Crippen molar-refractivity contribution in [3.8, 4) is 5.75 Å². The molecule has 0 fully saturated rings. The van der Waals surface area contributed by atoms with Crippen LogP contribution in [0.5, 0.6) is 5.75 Å². The zero-order chi connectivity index (χ0) is 17.9. The summed E-state index contributed by atoms with van der Waals surface area (Å²) in [6, 6.07) is 3.95. The van der Waals surface area contributed by atoms with Crippen molar-refractivity contribution in [3.05, 3.63) is 49.9 Å². The second kappa shape index (κ2) is 7.22. The molecule has 0 saturated heterocycles. The third kappa shape index (κ3) is 3.60. The third-order valence-corrected chi connectivity index (χ3v) is 4.49. The summed E-state index contributed by atoms with van der Waals surface area (Å²) in [7, 11) is 0. The molecule has 0 saturated carbocycles. The number of carbonyl (C=O) groups is 1. The predicted octanol–water partition coefficient (Wildman–Crippen LogP) is 3.91. The van der Waals surface area contributed by atoms with Crippen molar-refractivity contribution in [2.24, 2.45) is 4.99 Å². The number of aliphatic imine (C=N–C) groups is 1. The number of phenols is 1. The van der Waals surface area contributed by atoms with Crippen molar-refractivity contribution in [2.45, 2.75) is 20.8 Å². The average molecular weight is 348 g/mol. The Hall–Kier alpha value is -2.74. The number of phenolic OH excluding ortho intramolecular Hbond substituents is 1. The van der Waals surface area contributed by atoms with Gasteiger partial charge in [0.15, 0.2) is 5.75 Å². The van der Waals surface area contributed by atoms with Gasteiger partial charge < -0.3 is 9.84 Å². The molecule has 1 aromatic heterocycles. The Labute approximate surface area is 142 Å². The lowest BCUT2D eigenvalue weighted by atomic mass is 10.1. The lowest BCUT2D eigenvalue weighted by molar-refractivity contribution is -0.385. The van der Waals surface area contributed by atoms with Crippen molar-refractivity contribution in [3.63, 3.8) is 0 Å². The largest absolute Gasteiger partial charge is 0.502 e. The molecule has 0 spiro atoms. The molecular formula is C16H16N2O5S. The second-order valence-corrected chi connectivity index (χ2v) is 6.15. The molecule has 24 heavy (non-hydrogen) atoms. The molecule has 0 atom stereocenters. The monoisotopic (exact) mass is 348 g/mol. The summed E-state index contributed by atoms with van der Waals surface area (Å²) in [5.74, 6) is -0.852. The molecule has 1 aromatic carbocycles. The number of esters is 1. The minimum Gasteiger partial charge on any atom is -0.502 e. The minimum absolute atomic E-state index is 0.264. The van der Waals surface area contributed by atoms with Gasteiger partial charge >= 0.3 is 11.7 Å². The summed E-state index contributed by atoms with van der Waals surface area (Å²) in [6.45, 7) is 5.70. The minimum atomic E-state index is -0.670. The van der Waals surface area contributed by atoms with Crippen molar-refractivity contribution in [1.82, 2.24) is 0 Å². The maximum atomic E-state index is 12.1. The van der Waals surface area contributed by atoms with E-state index in [2.05, 4.69) is 4.99 Å². The highest BCUT2D eigenvalue weighted by Gasteiger charge is 2.20. The Bertz CT molecular complexity index is 826. The average Bonchev–Trinajstić information content (AvgIpc) is 2.81. The molecule has 126 valence electrons. The summed E-state index contributed by atoms with van der Waals surface area (Å²) in [5.41, 5.74) is 1.26. The quantitative estimate of drug-likeness (QED) is 0.382. The van der Waals surface area contributed by atoms with Crippen LogP contribution in [0.25, 0.3) is 0 Å². The molecule has 0 unspecified atom stereocenters. The molecule has 8 heteroatoms. The molecule has 0 aliphatic rings. The second-order valence-electron chi connectivity index (χ2n) is 4.95. The van der Waals surface area contributed by atoms with Crippen LogP contribution < -0.4 is 0 Å². The molecule has 0 radical (unpaired) electrons. The fraction of sp³-hybridized carbons (Fsp3) is 0.250. The van der Waals surface area contributed by atoms with Gasteiger partial charge in [-0.05, 0) is 44.0 Å². The molecule has 0 aliphatic heterocycles. The number of nitro groups is 1. The van der Waals surface area contributed by atoms with E-state index in [1.807, 2.05) is 13.8 Å². The topological polar surface area (TPSA) is 102 Å². The van der Waals surface area contributed by atoms with Gasteiger partial charge in [-0.2, -0.15) is 0 Å². The highest BCUT2D eigenvalue weighted by molar-refractivity contribution is 7.16. The lowest BCUT2D eigenvalue weighted by Gasteiger charge is -2.02. The van der Waals surface area contributed by atoms with E-state index >= 15 is 0 Å². The molecule has 1 N–H and O–H groups in total. The van der Waals surface area contributed by atoms with Crippen LogP contribution in [0.15, 0.2) is 23.2 Å². The summed E-state index contributed by atoms with van der Waals surface area (Å²) >= 11 is 1.35. The normalized spacial score (nSPS) is 11.0. The fourth-order valence-corrected chi connectivity index (χ4v) is 3.03. The zero-order valence-electron chi connectivity index (χ0n) is 13.4. The number of carbonyl (C=O) groups excluding carboxylic acids is 1. The van der Waals surface area contributed by atoms with Gasteiger partial charge in [-0.1, -0.05) is 0 Å². The van der Waals surface area contributed by atoms with Crippen LogP contribution in [-0.2, 0) is 4.74 Å². The number of hydrogen-bond acceptors (Lipinski definition) is 7. The van der Waals surface area contributed by atoms with Crippen molar-refractivity contribution >= 4 is 34.2 Å². The number of hydrogen-bond donors (Lipinski definition) is 1. The summed E-state index contributed by atoms with van der Waals surface area (Å²) < 4.78 is 5.05. The maximum Gasteiger partial charge on any atom is 0.341 e. The summed E-state index contributed by atoms with van der Waals surface area (Å²) in [4.78, 5) is 27.5. The Morgan fingerprint density at radius 1 is 1.46 bits per heavy atom. The van der Waals surface area contributed by atoms with E-state index in [0.29, 0.717) is 16.1 Å². The molecule has 2 rings (SSSR count). The van der Waals surface area contributed by atoms with Gasteiger partial charge in [0.2, 0.25) is 0 Å². The zero-order valence-corrected chi connectivity index (χ0v) is 14.2. The van der Waals surface area contributed by atoms with Crippen LogP contribution in [0.3, 0.4) is 0 Å². The summed E-state index contributed by atoms with van der Waals surface area (Å²) in [5, 5.41) is 20.8. The van der Waals surface area contributed by atoms with Gasteiger partial charge in [0.05, 0.1) is 17.1 Å². The van der Waals surface area contributed by atoms with Crippen LogP contribution >= 0.6 is 11.3 Å². The maximum absolute atomic E-state index is 12.1. The van der Waals surface area contributed by atoms with Gasteiger partial charge in [-0.3, -0.25) is 10.1 Å². The highest BCUT2D eigenvalue weighted by atomic mass is 32.1. The lowest BCUT2D eigenvalue weighted by Crippen LogP contribution is -2.05. The Morgan fingerprint density at radius 2 is 2.17 bits per heavy atom. The first kappa shape index (κ1) is 17.6. The van der Waals surface area contributed by atoms with Crippen LogP contribution in [-0.4, -0.2) is 28.8 Å². The Kier molecular flexibility index (Phi) is 5.30. The van der Waals surface area contributed by atoms with Crippen LogP contribution in [0, 0.1) is 24.0 Å². The smallest absolute Gasteiger partial charge is 0.341 e. The first-order valence-corrected chi connectivity index (χ1v) is 7.95. The number of thiophene rings is 1. The molecular weight excluding hydrogens is 332 g/mol. The van der Waals surface area contributed by atoms with Gasteiger partial charge in [0.25, 0.3) is 0 Å². The molecule has 0 bridgehead atoms. The first-order chi connectivity index (χ1) is 11.3. The molecule has 1 heterocycles. The van der Waals surface area contributed by atoms with Crippen molar-refractivity contribution in [2.75, 3.05) is 6.61 Å². The Balaban J connectivity index is 2.39. The molecule has 0 amide bonds. The molecule has 2 aromatic rings. The fourth-order valence-electron chi connectivity index (χ4n) is 2.04. The van der Waals surface area contributed by atoms with E-state index < -0.39 is 22.3 Å². The van der Waals surface area contributed by atoms with Crippen molar-refractivity contribution < 1.29 is 19.6 Å². The van der Waals surface area contributed by atoms with Gasteiger partial charge in [-0.25, -0.2) is 9.79 Å². The molecule has 7 nitrogen and oxygen atoms in total. The van der Waals surface area contributed by atoms with Gasteiger partial charge in [0, 0.05) is 17.2 Å². The number of benzene rings is 1. The number of ether oxygens (including phenoxy) is 1. The number of rotatable bonds is 5. The first-order valence-electron chi connectivity index (χ1n) is 7.13. The summed E-state index contributed by atoms with van der Waals surface area (Å²) in [6.07, 6.45) is 1.42. The van der Waals surface area contributed by atoms with Crippen molar-refractivity contribution in [1.29, 1.82) is 0 Å². The van der Waals surface area contributed by atoms with E-state index in [1.54, 1.807) is 6.92 Å². The van der Waals surface area contributed by atoms with E-state index in [1.165, 1.54) is 35.8 Å².